The minimum atomic E-state index is 0. The number of hydrogen-bond acceptors (Lipinski definition) is 0. The Kier molecular flexibility index (Phi) is 18.8. The fourth-order valence-electron chi connectivity index (χ4n) is 0.361. The van der Waals surface area contributed by atoms with E-state index < -0.39 is 0 Å². The van der Waals surface area contributed by atoms with Crippen LogP contribution in [0.5, 0.6) is 0 Å². The zero-order chi connectivity index (χ0) is 9.07. The van der Waals surface area contributed by atoms with Crippen molar-refractivity contribution < 1.29 is 17.1 Å². The Balaban J connectivity index is 0. The third-order valence-electron chi connectivity index (χ3n) is 0.702. The van der Waals surface area contributed by atoms with Crippen molar-refractivity contribution in [3.63, 3.8) is 0 Å². The summed E-state index contributed by atoms with van der Waals surface area (Å²) >= 11 is 4.24. The van der Waals surface area contributed by atoms with Crippen molar-refractivity contribution in [1.82, 2.24) is 0 Å². The number of hydrogen-bond donors (Lipinski definition) is 0. The van der Waals surface area contributed by atoms with E-state index in [1.807, 2.05) is 0 Å². The molecule has 0 saturated heterocycles. The Morgan fingerprint density at radius 2 is 0.846 bits per heavy atom. The maximum absolute atomic E-state index is 2.62. The molecular formula is C10H2FeI2-8. The molecular weight excluding hydrogens is 430 g/mol. The van der Waals surface area contributed by atoms with E-state index in [0.717, 1.165) is 0 Å². The molecule has 0 unspecified atom stereocenters. The Morgan fingerprint density at radius 1 is 0.615 bits per heavy atom. The average Bonchev–Trinajstić information content (AvgIpc) is 2.87. The van der Waals surface area contributed by atoms with Crippen molar-refractivity contribution >= 4 is 37.2 Å². The first-order valence-corrected chi connectivity index (χ1v) is 9.08. The standard InChI is InChI=1S/2C5H.Fe.I2/c2*1-2-4-5-3-1;;1-2/h2*1H;;/q2*-5;+2;. The predicted molar refractivity (Wildman–Crippen MR) is 62.8 cm³/mol. The molecule has 0 aromatic heterocycles. The van der Waals surface area contributed by atoms with E-state index in [0.29, 0.717) is 0 Å². The molecule has 0 spiro atoms. The van der Waals surface area contributed by atoms with Crippen molar-refractivity contribution in [2.45, 2.75) is 0 Å². The molecule has 0 aliphatic rings. The van der Waals surface area contributed by atoms with Crippen LogP contribution in [0.25, 0.3) is 0 Å². The van der Waals surface area contributed by atoms with E-state index in [9.17, 15) is 0 Å². The molecule has 2 aromatic rings. The summed E-state index contributed by atoms with van der Waals surface area (Å²) in [5, 5.41) is 0. The molecule has 72 valence electrons. The quantitative estimate of drug-likeness (QED) is 0.342. The molecule has 0 radical (unpaired) electrons. The minimum Gasteiger partial charge on any atom is -0.999 e. The number of rotatable bonds is 0. The Morgan fingerprint density at radius 3 is 0.923 bits per heavy atom. The van der Waals surface area contributed by atoms with E-state index in [-0.39, 0.29) is 17.1 Å². The molecule has 3 heteroatoms. The topological polar surface area (TPSA) is 0 Å². The van der Waals surface area contributed by atoms with E-state index in [2.05, 4.69) is 85.8 Å². The van der Waals surface area contributed by atoms with Crippen LogP contribution in [0, 0.1) is 48.5 Å². The molecule has 0 aliphatic heterocycles. The summed E-state index contributed by atoms with van der Waals surface area (Å²) in [6.45, 7) is 0. The van der Waals surface area contributed by atoms with Gasteiger partial charge in [-0.2, -0.15) is 0 Å². The summed E-state index contributed by atoms with van der Waals surface area (Å²) in [7, 11) is 0. The molecule has 0 heterocycles. The second-order valence-electron chi connectivity index (χ2n) is 1.37. The molecule has 2 aromatic carbocycles. The van der Waals surface area contributed by atoms with Gasteiger partial charge in [-0.3, -0.25) is 0 Å². The van der Waals surface area contributed by atoms with Crippen LogP contribution in [-0.4, -0.2) is 0 Å². The van der Waals surface area contributed by atoms with Crippen LogP contribution < -0.4 is 0 Å². The van der Waals surface area contributed by atoms with E-state index in [1.54, 1.807) is 12.1 Å². The predicted octanol–water partition coefficient (Wildman–Crippen LogP) is 2.98. The second kappa shape index (κ2) is 15.2. The number of halogens is 2. The van der Waals surface area contributed by atoms with Crippen LogP contribution in [-0.2, 0) is 17.1 Å². The fourth-order valence-corrected chi connectivity index (χ4v) is 0.361. The van der Waals surface area contributed by atoms with Gasteiger partial charge in [0.15, 0.2) is 0 Å². The van der Waals surface area contributed by atoms with Gasteiger partial charge in [-0.1, -0.05) is 0 Å². The molecule has 13 heavy (non-hydrogen) atoms. The molecule has 2 rings (SSSR count). The van der Waals surface area contributed by atoms with Gasteiger partial charge in [0.05, 0.1) is 0 Å². The van der Waals surface area contributed by atoms with Crippen molar-refractivity contribution in [3.05, 3.63) is 60.7 Å². The Bertz CT molecular complexity index is 152. The van der Waals surface area contributed by atoms with Gasteiger partial charge in [0, 0.05) is 37.2 Å². The molecule has 0 nitrogen and oxygen atoms in total. The van der Waals surface area contributed by atoms with Crippen molar-refractivity contribution in [2.75, 3.05) is 0 Å². The van der Waals surface area contributed by atoms with Crippen LogP contribution in [0.3, 0.4) is 0 Å². The Hall–Kier alpha value is 0.679. The molecule has 0 bridgehead atoms. The zero-order valence-corrected chi connectivity index (χ0v) is 11.7. The van der Waals surface area contributed by atoms with E-state index in [1.165, 1.54) is 0 Å². The summed E-state index contributed by atoms with van der Waals surface area (Å²) in [5.74, 6) is 0. The summed E-state index contributed by atoms with van der Waals surface area (Å²) < 4.78 is 0. The first-order valence-electron chi connectivity index (χ1n) is 2.80. The summed E-state index contributed by atoms with van der Waals surface area (Å²) in [6, 6.07) is 24.0. The van der Waals surface area contributed by atoms with Gasteiger partial charge in [-0.25, -0.2) is 0 Å². The average molecular weight is 432 g/mol. The second-order valence-corrected chi connectivity index (χ2v) is 1.37. The molecule has 0 aliphatic carbocycles. The first kappa shape index (κ1) is 16.1. The molecule has 0 amide bonds. The van der Waals surface area contributed by atoms with Crippen molar-refractivity contribution in [2.24, 2.45) is 0 Å². The Labute approximate surface area is 114 Å². The zero-order valence-electron chi connectivity index (χ0n) is 6.26. The smallest absolute Gasteiger partial charge is 0.999 e. The van der Waals surface area contributed by atoms with Crippen LogP contribution >= 0.6 is 37.2 Å². The van der Waals surface area contributed by atoms with Gasteiger partial charge in [0.2, 0.25) is 0 Å². The molecule has 0 N–H and O–H groups in total. The van der Waals surface area contributed by atoms with E-state index >= 15 is 0 Å². The van der Waals surface area contributed by atoms with E-state index in [4.69, 9.17) is 0 Å². The molecule has 0 fully saturated rings. The summed E-state index contributed by atoms with van der Waals surface area (Å²) in [5.41, 5.74) is 0. The van der Waals surface area contributed by atoms with Gasteiger partial charge in [0.25, 0.3) is 0 Å². The van der Waals surface area contributed by atoms with Gasteiger partial charge < -0.3 is 60.7 Å². The minimum absolute atomic E-state index is 0. The van der Waals surface area contributed by atoms with Gasteiger partial charge in [-0.05, 0) is 0 Å². The first-order chi connectivity index (χ1) is 6.00. The van der Waals surface area contributed by atoms with Crippen LogP contribution in [0.1, 0.15) is 0 Å². The molecule has 0 atom stereocenters. The third kappa shape index (κ3) is 12.7. The van der Waals surface area contributed by atoms with Gasteiger partial charge in [-0.15, -0.1) is 0 Å². The third-order valence-corrected chi connectivity index (χ3v) is 0.702. The van der Waals surface area contributed by atoms with Crippen LogP contribution in [0.15, 0.2) is 12.1 Å². The normalized spacial score (nSPS) is 6.62. The van der Waals surface area contributed by atoms with Crippen LogP contribution in [0.2, 0.25) is 0 Å². The summed E-state index contributed by atoms with van der Waals surface area (Å²) in [6.07, 6.45) is 0. The maximum Gasteiger partial charge on any atom is 2.00 e. The van der Waals surface area contributed by atoms with Crippen LogP contribution in [0.4, 0.5) is 0 Å². The van der Waals surface area contributed by atoms with Crippen molar-refractivity contribution in [1.29, 1.82) is 0 Å². The van der Waals surface area contributed by atoms with Gasteiger partial charge in [0.1, 0.15) is 0 Å². The largest absolute Gasteiger partial charge is 2.00 e. The van der Waals surface area contributed by atoms with Gasteiger partial charge >= 0.3 is 17.1 Å². The monoisotopic (exact) mass is 432 g/mol. The fraction of sp³-hybridized carbons (Fsp3) is 0. The maximum atomic E-state index is 2.62. The SMILES string of the molecule is II.[Fe+2].[c-]1[c-][c-][cH-][c-]1.[c-]1[c-][c-][cH-][c-]1. The van der Waals surface area contributed by atoms with Crippen molar-refractivity contribution in [3.8, 4) is 0 Å². The molecule has 0 saturated carbocycles. The summed E-state index contributed by atoms with van der Waals surface area (Å²) in [4.78, 5) is 0.